The number of Topliss-reactive ketones (excluding diaryl/α,β-unsaturated/α-hetero) is 1. The molecule has 30 heavy (non-hydrogen) atoms. The van der Waals surface area contributed by atoms with Crippen LogP contribution in [0.5, 0.6) is 0 Å². The highest BCUT2D eigenvalue weighted by Crippen LogP contribution is 2.24. The fourth-order valence-electron chi connectivity index (χ4n) is 3.00. The number of fused-ring (bicyclic) bond motifs is 1. The van der Waals surface area contributed by atoms with E-state index in [1.165, 1.54) is 11.8 Å². The van der Waals surface area contributed by atoms with Gasteiger partial charge in [0.2, 0.25) is 0 Å². The first-order chi connectivity index (χ1) is 14.4. The second kappa shape index (κ2) is 9.03. The van der Waals surface area contributed by atoms with E-state index in [2.05, 4.69) is 38.5 Å². The Bertz CT molecular complexity index is 1300. The van der Waals surface area contributed by atoms with Crippen LogP contribution in [-0.2, 0) is 0 Å². The van der Waals surface area contributed by atoms with E-state index in [4.69, 9.17) is 4.98 Å². The van der Waals surface area contributed by atoms with Crippen LogP contribution < -0.4 is 5.56 Å². The van der Waals surface area contributed by atoms with Crippen LogP contribution in [0.15, 0.2) is 81.2 Å². The molecule has 0 aliphatic rings. The largest absolute Gasteiger partial charge is 0.293 e. The molecule has 0 unspecified atom stereocenters. The van der Waals surface area contributed by atoms with Gasteiger partial charge in [-0.3, -0.25) is 14.2 Å². The Morgan fingerprint density at radius 1 is 1.07 bits per heavy atom. The molecule has 150 valence electrons. The SMILES string of the molecule is Cc1ccc(-n2c(SCC(=O)c3ccc(Br)cc3)nc3ccc(I)cc3c2=O)cc1. The third-order valence-corrected chi connectivity index (χ3v) is 6.73. The van der Waals surface area contributed by atoms with Crippen LogP contribution in [-0.4, -0.2) is 21.1 Å². The van der Waals surface area contributed by atoms with E-state index in [1.807, 2.05) is 61.5 Å². The first kappa shape index (κ1) is 21.3. The highest BCUT2D eigenvalue weighted by molar-refractivity contribution is 14.1. The summed E-state index contributed by atoms with van der Waals surface area (Å²) in [4.78, 5) is 30.7. The van der Waals surface area contributed by atoms with Crippen LogP contribution in [0.2, 0.25) is 0 Å². The molecule has 3 aromatic carbocycles. The molecule has 7 heteroatoms. The Labute approximate surface area is 200 Å². The van der Waals surface area contributed by atoms with Crippen molar-refractivity contribution in [3.05, 3.63) is 96.3 Å². The number of nitrogens with zero attached hydrogens (tertiary/aromatic N) is 2. The quantitative estimate of drug-likeness (QED) is 0.123. The molecule has 0 amide bonds. The lowest BCUT2D eigenvalue weighted by Crippen LogP contribution is -2.22. The van der Waals surface area contributed by atoms with Gasteiger partial charge >= 0.3 is 0 Å². The molecular formula is C23H16BrIN2O2S. The number of carbonyl (C=O) groups is 1. The van der Waals surface area contributed by atoms with E-state index in [9.17, 15) is 9.59 Å². The molecule has 0 N–H and O–H groups in total. The highest BCUT2D eigenvalue weighted by atomic mass is 127. The second-order valence-corrected chi connectivity index (χ2v) is 9.85. The van der Waals surface area contributed by atoms with Crippen LogP contribution in [0.4, 0.5) is 0 Å². The fraction of sp³-hybridized carbons (Fsp3) is 0.0870. The zero-order chi connectivity index (χ0) is 21.3. The van der Waals surface area contributed by atoms with Crippen LogP contribution in [0, 0.1) is 10.5 Å². The number of benzene rings is 3. The minimum absolute atomic E-state index is 0.0140. The molecule has 1 heterocycles. The van der Waals surface area contributed by atoms with Crippen molar-refractivity contribution < 1.29 is 4.79 Å². The number of carbonyl (C=O) groups excluding carboxylic acids is 1. The number of rotatable bonds is 5. The molecule has 0 saturated heterocycles. The average molecular weight is 591 g/mol. The summed E-state index contributed by atoms with van der Waals surface area (Å²) in [6.07, 6.45) is 0. The fourth-order valence-corrected chi connectivity index (χ4v) is 4.67. The summed E-state index contributed by atoms with van der Waals surface area (Å²) in [5.41, 5.74) is 2.96. The number of aryl methyl sites for hydroxylation is 1. The van der Waals surface area contributed by atoms with Crippen molar-refractivity contribution in [2.24, 2.45) is 0 Å². The van der Waals surface area contributed by atoms with Crippen molar-refractivity contribution in [2.75, 3.05) is 5.75 Å². The summed E-state index contributed by atoms with van der Waals surface area (Å²) in [6, 6.07) is 20.6. The van der Waals surface area contributed by atoms with Crippen molar-refractivity contribution in [2.45, 2.75) is 12.1 Å². The Kier molecular flexibility index (Phi) is 6.40. The normalized spacial score (nSPS) is 11.0. The van der Waals surface area contributed by atoms with Crippen molar-refractivity contribution in [3.8, 4) is 5.69 Å². The zero-order valence-corrected chi connectivity index (χ0v) is 20.5. The summed E-state index contributed by atoms with van der Waals surface area (Å²) >= 11 is 6.85. The van der Waals surface area contributed by atoms with Gasteiger partial charge in [-0.15, -0.1) is 0 Å². The lowest BCUT2D eigenvalue weighted by molar-refractivity contribution is 0.102. The maximum atomic E-state index is 13.4. The van der Waals surface area contributed by atoms with Crippen molar-refractivity contribution in [1.82, 2.24) is 9.55 Å². The van der Waals surface area contributed by atoms with Crippen LogP contribution >= 0.6 is 50.3 Å². The molecule has 0 aliphatic carbocycles. The first-order valence-corrected chi connectivity index (χ1v) is 12.0. The lowest BCUT2D eigenvalue weighted by atomic mass is 10.2. The van der Waals surface area contributed by atoms with E-state index in [1.54, 1.807) is 16.7 Å². The molecule has 0 radical (unpaired) electrons. The van der Waals surface area contributed by atoms with Gasteiger partial charge in [-0.25, -0.2) is 4.98 Å². The molecule has 1 aromatic heterocycles. The molecule has 4 rings (SSSR count). The minimum atomic E-state index is -0.138. The molecule has 0 aliphatic heterocycles. The standard InChI is InChI=1S/C23H16BrIN2O2S/c1-14-2-9-18(10-3-14)27-22(29)19-12-17(25)8-11-20(19)26-23(27)30-13-21(28)15-4-6-16(24)7-5-15/h2-12H,13H2,1H3. The van der Waals surface area contributed by atoms with Gasteiger partial charge in [-0.05, 0) is 72.0 Å². The van der Waals surface area contributed by atoms with Gasteiger partial charge in [0.15, 0.2) is 10.9 Å². The van der Waals surface area contributed by atoms with Crippen molar-refractivity contribution >= 4 is 67.0 Å². The van der Waals surface area contributed by atoms with E-state index >= 15 is 0 Å². The predicted molar refractivity (Wildman–Crippen MR) is 134 cm³/mol. The van der Waals surface area contributed by atoms with Crippen LogP contribution in [0.1, 0.15) is 15.9 Å². The van der Waals surface area contributed by atoms with E-state index in [-0.39, 0.29) is 17.1 Å². The average Bonchev–Trinajstić information content (AvgIpc) is 2.74. The van der Waals surface area contributed by atoms with Crippen molar-refractivity contribution in [3.63, 3.8) is 0 Å². The number of thioether (sulfide) groups is 1. The molecule has 0 atom stereocenters. The maximum absolute atomic E-state index is 13.4. The molecule has 0 bridgehead atoms. The maximum Gasteiger partial charge on any atom is 0.266 e. The molecule has 0 fully saturated rings. The van der Waals surface area contributed by atoms with Crippen LogP contribution in [0.25, 0.3) is 16.6 Å². The Hall–Kier alpha value is -1.97. The van der Waals surface area contributed by atoms with Gasteiger partial charge < -0.3 is 0 Å². The zero-order valence-electron chi connectivity index (χ0n) is 15.9. The third kappa shape index (κ3) is 4.53. The summed E-state index contributed by atoms with van der Waals surface area (Å²) in [5.74, 6) is 0.176. The molecule has 0 saturated carbocycles. The second-order valence-electron chi connectivity index (χ2n) is 6.75. The predicted octanol–water partition coefficient (Wildman–Crippen LogP) is 6.04. The Morgan fingerprint density at radius 3 is 2.47 bits per heavy atom. The summed E-state index contributed by atoms with van der Waals surface area (Å²) in [6.45, 7) is 2.00. The van der Waals surface area contributed by atoms with Gasteiger partial charge in [0.1, 0.15) is 0 Å². The lowest BCUT2D eigenvalue weighted by Gasteiger charge is -2.13. The van der Waals surface area contributed by atoms with Gasteiger partial charge in [0, 0.05) is 13.6 Å². The Balaban J connectivity index is 1.77. The smallest absolute Gasteiger partial charge is 0.266 e. The number of ketones is 1. The van der Waals surface area contributed by atoms with E-state index in [0.717, 1.165) is 19.3 Å². The number of aromatic nitrogens is 2. The van der Waals surface area contributed by atoms with Gasteiger partial charge in [-0.2, -0.15) is 0 Å². The van der Waals surface area contributed by atoms with Crippen LogP contribution in [0.3, 0.4) is 0 Å². The third-order valence-electron chi connectivity index (χ3n) is 4.59. The number of hydrogen-bond acceptors (Lipinski definition) is 4. The highest BCUT2D eigenvalue weighted by Gasteiger charge is 2.16. The Morgan fingerprint density at radius 2 is 1.77 bits per heavy atom. The van der Waals surface area contributed by atoms with Gasteiger partial charge in [-0.1, -0.05) is 57.5 Å². The topological polar surface area (TPSA) is 52.0 Å². The molecular weight excluding hydrogens is 575 g/mol. The first-order valence-electron chi connectivity index (χ1n) is 9.13. The summed E-state index contributed by atoms with van der Waals surface area (Å²) in [7, 11) is 0. The summed E-state index contributed by atoms with van der Waals surface area (Å²) in [5, 5.41) is 1.06. The van der Waals surface area contributed by atoms with E-state index in [0.29, 0.717) is 21.6 Å². The molecule has 4 aromatic rings. The van der Waals surface area contributed by atoms with Gasteiger partial charge in [0.05, 0.1) is 22.3 Å². The molecule has 4 nitrogen and oxygen atoms in total. The summed E-state index contributed by atoms with van der Waals surface area (Å²) < 4.78 is 3.49. The van der Waals surface area contributed by atoms with Gasteiger partial charge in [0.25, 0.3) is 5.56 Å². The monoisotopic (exact) mass is 590 g/mol. The number of hydrogen-bond donors (Lipinski definition) is 0. The minimum Gasteiger partial charge on any atom is -0.293 e. The molecule has 0 spiro atoms. The number of halogens is 2. The van der Waals surface area contributed by atoms with E-state index < -0.39 is 0 Å². The van der Waals surface area contributed by atoms with Crippen molar-refractivity contribution in [1.29, 1.82) is 0 Å².